The molecule has 4 aromatic heterocycles. The van der Waals surface area contributed by atoms with E-state index in [2.05, 4.69) is 73.0 Å². The lowest BCUT2D eigenvalue weighted by Crippen LogP contribution is -2.55. The van der Waals surface area contributed by atoms with E-state index >= 15 is 0 Å². The monoisotopic (exact) mass is 920 g/mol. The summed E-state index contributed by atoms with van der Waals surface area (Å²) in [5, 5.41) is 20.3. The molecule has 11 rings (SSSR count). The third-order valence-corrected chi connectivity index (χ3v) is 15.7. The van der Waals surface area contributed by atoms with Gasteiger partial charge in [-0.15, -0.1) is 0 Å². The number of piperidine rings is 1. The Morgan fingerprint density at radius 1 is 0.985 bits per heavy atom. The quantitative estimate of drug-likeness (QED) is 0.0830. The number of ether oxygens (including phenoxy) is 1. The maximum Gasteiger partial charge on any atom is 0.300 e. The zero-order valence-corrected chi connectivity index (χ0v) is 38.2. The number of pyridine rings is 2. The Morgan fingerprint density at radius 2 is 1.78 bits per heavy atom. The normalized spacial score (nSPS) is 19.6. The van der Waals surface area contributed by atoms with Gasteiger partial charge in [0.1, 0.15) is 17.8 Å². The van der Waals surface area contributed by atoms with Crippen LogP contribution in [0.5, 0.6) is 5.88 Å². The highest BCUT2D eigenvalue weighted by Gasteiger charge is 2.50. The van der Waals surface area contributed by atoms with Crippen LogP contribution in [0.3, 0.4) is 0 Å². The molecule has 7 heterocycles. The van der Waals surface area contributed by atoms with Crippen LogP contribution in [0.4, 0.5) is 17.1 Å². The summed E-state index contributed by atoms with van der Waals surface area (Å²) in [5.41, 5.74) is 6.82. The molecule has 67 heavy (non-hydrogen) atoms. The number of aromatic amines is 1. The van der Waals surface area contributed by atoms with Crippen LogP contribution in [0.15, 0.2) is 108 Å². The Balaban J connectivity index is 0.846. The second-order valence-electron chi connectivity index (χ2n) is 19.0. The molecule has 16 nitrogen and oxygen atoms in total. The second kappa shape index (κ2) is 16.8. The molecule has 3 fully saturated rings. The molecule has 3 aliphatic heterocycles. The Morgan fingerprint density at radius 3 is 2.57 bits per heavy atom. The van der Waals surface area contributed by atoms with Crippen LogP contribution in [0, 0.1) is 15.5 Å². The van der Waals surface area contributed by atoms with Crippen LogP contribution in [0.25, 0.3) is 27.8 Å². The molecule has 0 radical (unpaired) electrons. The number of benzene rings is 3. The van der Waals surface area contributed by atoms with Gasteiger partial charge in [0.15, 0.2) is 10.7 Å². The predicted octanol–water partition coefficient (Wildman–Crippen LogP) is 8.45. The minimum atomic E-state index is -4.77. The highest BCUT2D eigenvalue weighted by atomic mass is 32.2. The van der Waals surface area contributed by atoms with E-state index in [-0.39, 0.29) is 29.8 Å². The van der Waals surface area contributed by atoms with Crippen molar-refractivity contribution in [2.45, 2.75) is 87.9 Å². The molecular weight excluding hydrogens is 869 g/mol. The Labute approximate surface area is 387 Å². The molecule has 1 saturated carbocycles. The van der Waals surface area contributed by atoms with Gasteiger partial charge in [-0.1, -0.05) is 68.4 Å². The maximum absolute atomic E-state index is 14.3. The van der Waals surface area contributed by atoms with Gasteiger partial charge in [0.25, 0.3) is 15.9 Å². The fraction of sp³-hybridized carbons (Fsp3) is 0.360. The SMILES string of the molecule is CC(C)c1ccccc1[C@@H]1CCCN1C1CC2(CCN(c3ccc(C(=O)NS(=O)(=O)c4cc([N+](=O)[O-])c5c(n4)OCC(Cc4ccccc4)N5)c(-n4ncc5nc6[nH]ccc6cc54)c3)CC2)C1. The van der Waals surface area contributed by atoms with E-state index in [1.165, 1.54) is 36.8 Å². The number of carbonyl (C=O) groups excluding carboxylic acids is 1. The van der Waals surface area contributed by atoms with Gasteiger partial charge in [-0.05, 0) is 110 Å². The summed E-state index contributed by atoms with van der Waals surface area (Å²) in [6.45, 7) is 7.48. The molecule has 7 aromatic rings. The molecule has 17 heteroatoms. The number of nitrogens with one attached hydrogen (secondary N) is 3. The first kappa shape index (κ1) is 42.8. The van der Waals surface area contributed by atoms with Gasteiger partial charge in [-0.25, -0.2) is 14.4 Å². The van der Waals surface area contributed by atoms with Crippen molar-refractivity contribution in [3.8, 4) is 11.6 Å². The van der Waals surface area contributed by atoms with E-state index in [0.717, 1.165) is 55.2 Å². The second-order valence-corrected chi connectivity index (χ2v) is 20.6. The highest BCUT2D eigenvalue weighted by molar-refractivity contribution is 7.90. The molecule has 3 N–H and O–H groups in total. The number of fused-ring (bicyclic) bond motifs is 3. The number of rotatable bonds is 11. The van der Waals surface area contributed by atoms with Gasteiger partial charge in [0.05, 0.1) is 40.0 Å². The average Bonchev–Trinajstić information content (AvgIpc) is 4.10. The number of amides is 1. The molecule has 1 amide bonds. The summed E-state index contributed by atoms with van der Waals surface area (Å²) in [4.78, 5) is 43.1. The summed E-state index contributed by atoms with van der Waals surface area (Å²) in [7, 11) is -4.77. The number of anilines is 2. The zero-order chi connectivity index (χ0) is 46.0. The van der Waals surface area contributed by atoms with Crippen molar-refractivity contribution < 1.29 is 22.9 Å². The van der Waals surface area contributed by atoms with Gasteiger partial charge in [0, 0.05) is 42.4 Å². The molecule has 3 aromatic carbocycles. The summed E-state index contributed by atoms with van der Waals surface area (Å²) < 4.78 is 37.6. The molecule has 1 spiro atoms. The van der Waals surface area contributed by atoms with Gasteiger partial charge in [-0.3, -0.25) is 19.8 Å². The van der Waals surface area contributed by atoms with Crippen molar-refractivity contribution >= 4 is 55.1 Å². The number of hydrogen-bond donors (Lipinski definition) is 3. The van der Waals surface area contributed by atoms with Crippen molar-refractivity contribution in [2.75, 3.05) is 36.5 Å². The van der Waals surface area contributed by atoms with Crippen LogP contribution in [0.1, 0.15) is 91.4 Å². The third-order valence-electron chi connectivity index (χ3n) is 14.5. The summed E-state index contributed by atoms with van der Waals surface area (Å²) in [6.07, 6.45) is 10.8. The summed E-state index contributed by atoms with van der Waals surface area (Å²) in [6, 6.07) is 29.3. The van der Waals surface area contributed by atoms with Crippen LogP contribution < -0.4 is 19.7 Å². The lowest BCUT2D eigenvalue weighted by Gasteiger charge is -2.56. The first-order valence-corrected chi connectivity index (χ1v) is 24.7. The van der Waals surface area contributed by atoms with Gasteiger partial charge < -0.3 is 19.9 Å². The van der Waals surface area contributed by atoms with E-state index in [9.17, 15) is 23.3 Å². The Bertz CT molecular complexity index is 3160. The van der Waals surface area contributed by atoms with E-state index in [1.54, 1.807) is 23.1 Å². The molecule has 2 saturated heterocycles. The van der Waals surface area contributed by atoms with Crippen molar-refractivity contribution in [2.24, 2.45) is 5.41 Å². The largest absolute Gasteiger partial charge is 0.474 e. The van der Waals surface area contributed by atoms with Gasteiger partial charge in [-0.2, -0.15) is 18.5 Å². The molecular formula is C50H52N10O6S. The predicted molar refractivity (Wildman–Crippen MR) is 255 cm³/mol. The maximum atomic E-state index is 14.3. The fourth-order valence-corrected chi connectivity index (χ4v) is 12.0. The minimum Gasteiger partial charge on any atom is -0.474 e. The van der Waals surface area contributed by atoms with Crippen LogP contribution >= 0.6 is 0 Å². The van der Waals surface area contributed by atoms with Gasteiger partial charge in [0.2, 0.25) is 5.88 Å². The average molecular weight is 921 g/mol. The minimum absolute atomic E-state index is 0.0233. The number of likely N-dealkylation sites (tertiary alicyclic amines) is 1. The van der Waals surface area contributed by atoms with Crippen LogP contribution in [-0.2, 0) is 16.4 Å². The highest BCUT2D eigenvalue weighted by Crippen LogP contribution is 2.54. The smallest absolute Gasteiger partial charge is 0.300 e. The molecule has 0 bridgehead atoms. The van der Waals surface area contributed by atoms with Crippen LogP contribution in [0.2, 0.25) is 0 Å². The molecule has 1 unspecified atom stereocenters. The number of H-pyrrole nitrogens is 1. The number of hydrogen-bond acceptors (Lipinski definition) is 12. The van der Waals surface area contributed by atoms with E-state index in [0.29, 0.717) is 52.2 Å². The van der Waals surface area contributed by atoms with E-state index < -0.39 is 31.6 Å². The lowest BCUT2D eigenvalue weighted by atomic mass is 9.59. The summed E-state index contributed by atoms with van der Waals surface area (Å²) >= 11 is 0. The molecule has 4 aliphatic rings. The van der Waals surface area contributed by atoms with Crippen molar-refractivity contribution in [1.82, 2.24) is 34.4 Å². The summed E-state index contributed by atoms with van der Waals surface area (Å²) in [5.74, 6) is -0.710. The van der Waals surface area contributed by atoms with Crippen LogP contribution in [-0.4, -0.2) is 87.2 Å². The first-order chi connectivity index (χ1) is 32.4. The molecule has 2 atom stereocenters. The first-order valence-electron chi connectivity index (χ1n) is 23.2. The fourth-order valence-electron chi connectivity index (χ4n) is 11.1. The number of nitrogens with zero attached hydrogens (tertiary/aromatic N) is 7. The number of sulfonamides is 1. The Hall–Kier alpha value is -6.85. The van der Waals surface area contributed by atoms with E-state index in [1.807, 2.05) is 54.6 Å². The number of nitro groups is 1. The molecule has 344 valence electrons. The van der Waals surface area contributed by atoms with Gasteiger partial charge >= 0.3 is 5.69 Å². The standard InChI is InChI=1S/C50H52N10O6S/c1-31(2)37-11-6-7-12-38(37)41-13-8-20-58(41)36-27-50(28-36)17-21-57(22-18-50)35-14-15-39(42(25-35)59-43-24-33-16-19-51-47(33)54-40(43)29-52-59)48(61)56-67(64,65)45-26-44(60(62)63)46-49(55-45)66-30-34(53-46)23-32-9-4-3-5-10-32/h3-7,9-12,14-16,19,24-26,29,31,34,36,41,53H,8,13,17-18,20-23,27-28,30H2,1-2H3,(H,51,54)(H,56,61)/t34?,41-/m0/s1. The van der Waals surface area contributed by atoms with E-state index in [4.69, 9.17) is 9.72 Å². The zero-order valence-electron chi connectivity index (χ0n) is 37.4. The van der Waals surface area contributed by atoms with Crippen molar-refractivity contribution in [3.05, 3.63) is 136 Å². The lowest BCUT2D eigenvalue weighted by molar-refractivity contribution is -0.384. The number of carbonyl (C=O) groups is 1. The topological polar surface area (TPSA) is 194 Å². The Kier molecular flexibility index (Phi) is 10.7. The van der Waals surface area contributed by atoms with Crippen molar-refractivity contribution in [1.29, 1.82) is 0 Å². The third kappa shape index (κ3) is 7.92. The molecule has 1 aliphatic carbocycles. The van der Waals surface area contributed by atoms with Crippen molar-refractivity contribution in [3.63, 3.8) is 0 Å². The number of aromatic nitrogens is 5.